The molecule has 0 saturated heterocycles. The largest absolute Gasteiger partial charge is 0.495 e. The Hall–Kier alpha value is -4.57. The first-order valence-corrected chi connectivity index (χ1v) is 13.8. The maximum atomic E-state index is 13.1. The molecule has 0 radical (unpaired) electrons. The van der Waals surface area contributed by atoms with Crippen LogP contribution in [0.2, 0.25) is 0 Å². The van der Waals surface area contributed by atoms with Crippen LogP contribution in [0.4, 0.5) is 15.5 Å². The van der Waals surface area contributed by atoms with Crippen LogP contribution in [-0.4, -0.2) is 39.8 Å². The molecule has 0 aliphatic rings. The highest BCUT2D eigenvalue weighted by atomic mass is 32.1. The van der Waals surface area contributed by atoms with Gasteiger partial charge in [-0.25, -0.2) is 14.6 Å². The van der Waals surface area contributed by atoms with Crippen molar-refractivity contribution < 1.29 is 19.1 Å². The minimum absolute atomic E-state index is 0.222. The van der Waals surface area contributed by atoms with Crippen molar-refractivity contribution in [3.8, 4) is 21.9 Å². The van der Waals surface area contributed by atoms with Gasteiger partial charge in [0.1, 0.15) is 10.8 Å². The van der Waals surface area contributed by atoms with E-state index >= 15 is 0 Å². The molecule has 40 heavy (non-hydrogen) atoms. The Kier molecular flexibility index (Phi) is 7.61. The Bertz CT molecular complexity index is 1710. The number of aryl methyl sites for hydroxylation is 2. The summed E-state index contributed by atoms with van der Waals surface area (Å²) in [4.78, 5) is 31.2. The fourth-order valence-corrected chi connectivity index (χ4v) is 5.92. The molecule has 0 fully saturated rings. The zero-order valence-corrected chi connectivity index (χ0v) is 23.9. The van der Waals surface area contributed by atoms with E-state index < -0.39 is 12.0 Å². The van der Waals surface area contributed by atoms with Crippen LogP contribution in [0.5, 0.6) is 5.75 Å². The van der Waals surface area contributed by atoms with Gasteiger partial charge < -0.3 is 23.9 Å². The number of nitrogens with one attached hydrogen (secondary N) is 2. The van der Waals surface area contributed by atoms with Crippen LogP contribution < -0.4 is 15.4 Å². The van der Waals surface area contributed by atoms with Gasteiger partial charge in [0.15, 0.2) is 0 Å². The Balaban J connectivity index is 1.46. The summed E-state index contributed by atoms with van der Waals surface area (Å²) in [6, 6.07) is 13.2. The first-order chi connectivity index (χ1) is 19.3. The van der Waals surface area contributed by atoms with Gasteiger partial charge in [0, 0.05) is 40.4 Å². The summed E-state index contributed by atoms with van der Waals surface area (Å²) >= 11 is 1.32. The highest BCUT2D eigenvalue weighted by Crippen LogP contribution is 2.42. The van der Waals surface area contributed by atoms with Gasteiger partial charge in [-0.15, -0.1) is 11.3 Å². The molecule has 2 aromatic carbocycles. The van der Waals surface area contributed by atoms with Gasteiger partial charge in [0.2, 0.25) is 0 Å². The molecule has 0 aliphatic heterocycles. The van der Waals surface area contributed by atoms with E-state index in [1.54, 1.807) is 20.4 Å². The molecule has 2 amide bonds. The number of methoxy groups -OCH3 is 1. The SMILES string of the molecule is CCOC(=O)c1c(NC(=O)Nc2ccc3c(ccn3CC)c2)sc(-c2ccc(-n3cnc(C)c3)c(OC)c2)c1C. The lowest BCUT2D eigenvalue weighted by Crippen LogP contribution is -2.20. The van der Waals surface area contributed by atoms with Crippen LogP contribution in [0.15, 0.2) is 61.2 Å². The molecule has 5 aromatic rings. The molecular formula is C30H31N5O4S. The third-order valence-corrected chi connectivity index (χ3v) is 7.91. The Morgan fingerprint density at radius 2 is 1.88 bits per heavy atom. The number of anilines is 2. The van der Waals surface area contributed by atoms with E-state index in [0.29, 0.717) is 27.6 Å². The van der Waals surface area contributed by atoms with Crippen LogP contribution in [0.25, 0.3) is 27.0 Å². The predicted octanol–water partition coefficient (Wildman–Crippen LogP) is 7.02. The number of fused-ring (bicyclic) bond motifs is 1. The van der Waals surface area contributed by atoms with Gasteiger partial charge in [-0.1, -0.05) is 6.07 Å². The number of benzene rings is 2. The molecule has 0 unspecified atom stereocenters. The normalized spacial score (nSPS) is 11.0. The average Bonchev–Trinajstić information content (AvgIpc) is 3.64. The van der Waals surface area contributed by atoms with Crippen molar-refractivity contribution in [1.82, 2.24) is 14.1 Å². The minimum atomic E-state index is -0.488. The van der Waals surface area contributed by atoms with E-state index in [0.717, 1.165) is 39.3 Å². The van der Waals surface area contributed by atoms with Crippen LogP contribution in [0.3, 0.4) is 0 Å². The second-order valence-corrected chi connectivity index (χ2v) is 10.3. The van der Waals surface area contributed by atoms with Crippen molar-refractivity contribution >= 4 is 44.9 Å². The summed E-state index contributed by atoms with van der Waals surface area (Å²) in [5, 5.41) is 7.21. The molecule has 3 heterocycles. The second kappa shape index (κ2) is 11.3. The molecule has 9 nitrogen and oxygen atoms in total. The minimum Gasteiger partial charge on any atom is -0.495 e. The molecule has 5 rings (SSSR count). The molecule has 206 valence electrons. The lowest BCUT2D eigenvalue weighted by atomic mass is 10.1. The first kappa shape index (κ1) is 27.0. The Morgan fingerprint density at radius 1 is 1.05 bits per heavy atom. The van der Waals surface area contributed by atoms with Gasteiger partial charge in [-0.3, -0.25) is 5.32 Å². The summed E-state index contributed by atoms with van der Waals surface area (Å²) in [5.41, 5.74) is 5.39. The van der Waals surface area contributed by atoms with Crippen LogP contribution in [0, 0.1) is 13.8 Å². The highest BCUT2D eigenvalue weighted by Gasteiger charge is 2.25. The summed E-state index contributed by atoms with van der Waals surface area (Å²) in [7, 11) is 1.61. The lowest BCUT2D eigenvalue weighted by molar-refractivity contribution is 0.0527. The number of rotatable bonds is 8. The van der Waals surface area contributed by atoms with Crippen molar-refractivity contribution in [3.63, 3.8) is 0 Å². The van der Waals surface area contributed by atoms with Gasteiger partial charge in [-0.2, -0.15) is 0 Å². The van der Waals surface area contributed by atoms with Gasteiger partial charge in [0.05, 0.1) is 37.0 Å². The molecule has 0 bridgehead atoms. The number of amides is 2. The van der Waals surface area contributed by atoms with E-state index in [1.807, 2.05) is 73.3 Å². The number of nitrogens with zero attached hydrogens (tertiary/aromatic N) is 3. The van der Waals surface area contributed by atoms with Crippen molar-refractivity contribution in [3.05, 3.63) is 78.0 Å². The lowest BCUT2D eigenvalue weighted by Gasteiger charge is -2.11. The number of imidazole rings is 1. The summed E-state index contributed by atoms with van der Waals surface area (Å²) in [6.45, 7) is 8.71. The Labute approximate surface area is 236 Å². The molecular weight excluding hydrogens is 526 g/mol. The summed E-state index contributed by atoms with van der Waals surface area (Å²) < 4.78 is 15.1. The maximum absolute atomic E-state index is 13.1. The van der Waals surface area contributed by atoms with E-state index in [9.17, 15) is 9.59 Å². The van der Waals surface area contributed by atoms with E-state index in [-0.39, 0.29) is 6.61 Å². The summed E-state index contributed by atoms with van der Waals surface area (Å²) in [6.07, 6.45) is 5.68. The third kappa shape index (κ3) is 5.17. The number of aromatic nitrogens is 3. The smallest absolute Gasteiger partial charge is 0.341 e. The van der Waals surface area contributed by atoms with Gasteiger partial charge in [-0.05, 0) is 75.2 Å². The van der Waals surface area contributed by atoms with Crippen molar-refractivity contribution in [1.29, 1.82) is 0 Å². The maximum Gasteiger partial charge on any atom is 0.341 e. The van der Waals surface area contributed by atoms with E-state index in [2.05, 4.69) is 27.1 Å². The van der Waals surface area contributed by atoms with Crippen molar-refractivity contribution in [2.45, 2.75) is 34.2 Å². The molecule has 2 N–H and O–H groups in total. The van der Waals surface area contributed by atoms with Gasteiger partial charge >= 0.3 is 12.0 Å². The number of carbonyl (C=O) groups is 2. The second-order valence-electron chi connectivity index (χ2n) is 9.24. The van der Waals surface area contributed by atoms with Crippen molar-refractivity contribution in [2.75, 3.05) is 24.4 Å². The van der Waals surface area contributed by atoms with E-state index in [1.165, 1.54) is 11.3 Å². The number of carbonyl (C=O) groups excluding carboxylic acids is 2. The number of urea groups is 1. The number of esters is 1. The standard InChI is InChI=1S/C30H31N5O4S/c1-6-34-13-12-20-14-22(9-11-23(20)34)32-30(37)33-28-26(29(36)39-7-2)19(4)27(40-28)21-8-10-24(25(15-21)38-5)35-16-18(3)31-17-35/h8-17H,6-7H2,1-5H3,(H2,32,33,37). The predicted molar refractivity (Wildman–Crippen MR) is 159 cm³/mol. The fraction of sp³-hybridized carbons (Fsp3) is 0.233. The number of ether oxygens (including phenoxy) is 2. The zero-order chi connectivity index (χ0) is 28.4. The van der Waals surface area contributed by atoms with Gasteiger partial charge in [0.25, 0.3) is 0 Å². The molecule has 0 saturated carbocycles. The highest BCUT2D eigenvalue weighted by molar-refractivity contribution is 7.20. The van der Waals surface area contributed by atoms with Crippen LogP contribution in [-0.2, 0) is 11.3 Å². The van der Waals surface area contributed by atoms with Crippen LogP contribution >= 0.6 is 11.3 Å². The molecule has 0 spiro atoms. The monoisotopic (exact) mass is 557 g/mol. The van der Waals surface area contributed by atoms with Crippen molar-refractivity contribution in [2.24, 2.45) is 0 Å². The topological polar surface area (TPSA) is 99.4 Å². The molecule has 10 heteroatoms. The molecule has 3 aromatic heterocycles. The number of hydrogen-bond acceptors (Lipinski definition) is 6. The quantitative estimate of drug-likeness (QED) is 0.200. The fourth-order valence-electron chi connectivity index (χ4n) is 4.73. The zero-order valence-electron chi connectivity index (χ0n) is 23.1. The average molecular weight is 558 g/mol. The summed E-state index contributed by atoms with van der Waals surface area (Å²) in [5.74, 6) is 0.164. The third-order valence-electron chi connectivity index (χ3n) is 6.65. The molecule has 0 atom stereocenters. The molecule has 0 aliphatic carbocycles. The Morgan fingerprint density at radius 3 is 2.58 bits per heavy atom. The van der Waals surface area contributed by atoms with E-state index in [4.69, 9.17) is 9.47 Å². The number of thiophene rings is 1. The van der Waals surface area contributed by atoms with Crippen LogP contribution in [0.1, 0.15) is 35.5 Å². The number of hydrogen-bond donors (Lipinski definition) is 2. The first-order valence-electron chi connectivity index (χ1n) is 13.0.